The largest absolute Gasteiger partial charge is 0.398 e. The number of anilines is 1. The van der Waals surface area contributed by atoms with Crippen LogP contribution in [0.4, 0.5) is 14.5 Å². The number of hydrogen-bond acceptors (Lipinski definition) is 3. The van der Waals surface area contributed by atoms with E-state index in [2.05, 4.69) is 10.3 Å². The maximum absolute atomic E-state index is 13.0. The average Bonchev–Trinajstić information content (AvgIpc) is 2.39. The fraction of sp³-hybridized carbons (Fsp3) is 0.0769. The van der Waals surface area contributed by atoms with Gasteiger partial charge in [0.2, 0.25) is 0 Å². The Morgan fingerprint density at radius 1 is 1.24 bits per heavy atom. The van der Waals surface area contributed by atoms with Crippen molar-refractivity contribution in [1.82, 2.24) is 10.3 Å². The molecule has 1 amide bonds. The van der Waals surface area contributed by atoms with Crippen molar-refractivity contribution in [2.75, 3.05) is 5.73 Å². The van der Waals surface area contributed by atoms with Gasteiger partial charge in [-0.3, -0.25) is 4.79 Å². The van der Waals surface area contributed by atoms with E-state index in [-0.39, 0.29) is 28.1 Å². The van der Waals surface area contributed by atoms with Crippen LogP contribution < -0.4 is 11.1 Å². The zero-order valence-electron chi connectivity index (χ0n) is 10.5. The van der Waals surface area contributed by atoms with Crippen LogP contribution in [0.15, 0.2) is 24.3 Å². The van der Waals surface area contributed by atoms with Crippen molar-refractivity contribution in [2.45, 2.75) is 6.54 Å². The average molecular weight is 332 g/mol. The summed E-state index contributed by atoms with van der Waals surface area (Å²) in [6, 6.07) is 4.60. The first-order valence-corrected chi connectivity index (χ1v) is 6.47. The predicted octanol–water partition coefficient (Wildman–Crippen LogP) is 3.18. The number of nitrogens with zero attached hydrogens (tertiary/aromatic N) is 1. The summed E-state index contributed by atoms with van der Waals surface area (Å²) in [5.74, 6) is -2.54. The van der Waals surface area contributed by atoms with Gasteiger partial charge in [0.25, 0.3) is 5.91 Å². The molecule has 0 aliphatic carbocycles. The number of rotatable bonds is 3. The molecule has 3 N–H and O–H groups in total. The van der Waals surface area contributed by atoms with Crippen molar-refractivity contribution >= 4 is 34.8 Å². The second-order valence-electron chi connectivity index (χ2n) is 4.13. The van der Waals surface area contributed by atoms with Crippen LogP contribution in [0, 0.1) is 11.6 Å². The molecule has 0 radical (unpaired) electrons. The summed E-state index contributed by atoms with van der Waals surface area (Å²) in [6.07, 6.45) is 0. The lowest BCUT2D eigenvalue weighted by Gasteiger charge is -2.09. The van der Waals surface area contributed by atoms with Crippen LogP contribution in [-0.4, -0.2) is 10.9 Å². The lowest BCUT2D eigenvalue weighted by Crippen LogP contribution is -2.24. The maximum atomic E-state index is 13.0. The molecule has 0 atom stereocenters. The Hall–Kier alpha value is -1.92. The summed E-state index contributed by atoms with van der Waals surface area (Å²) >= 11 is 11.5. The van der Waals surface area contributed by atoms with Gasteiger partial charge in [-0.15, -0.1) is 0 Å². The fourth-order valence-corrected chi connectivity index (χ4v) is 2.18. The molecular formula is C13H9Cl2F2N3O. The Bertz CT molecular complexity index is 687. The minimum Gasteiger partial charge on any atom is -0.398 e. The van der Waals surface area contributed by atoms with Gasteiger partial charge in [-0.1, -0.05) is 29.3 Å². The topological polar surface area (TPSA) is 68.0 Å². The van der Waals surface area contributed by atoms with Gasteiger partial charge in [0, 0.05) is 6.54 Å². The third-order valence-corrected chi connectivity index (χ3v) is 3.11. The van der Waals surface area contributed by atoms with Gasteiger partial charge in [0.05, 0.1) is 11.3 Å². The molecule has 0 unspecified atom stereocenters. The Kier molecular flexibility index (Phi) is 4.59. The first kappa shape index (κ1) is 15.5. The van der Waals surface area contributed by atoms with E-state index < -0.39 is 17.5 Å². The molecule has 1 aromatic carbocycles. The summed E-state index contributed by atoms with van der Waals surface area (Å²) in [4.78, 5) is 15.7. The van der Waals surface area contributed by atoms with Crippen LogP contribution in [0.3, 0.4) is 0 Å². The van der Waals surface area contributed by atoms with E-state index in [0.717, 1.165) is 12.1 Å². The van der Waals surface area contributed by atoms with E-state index in [0.29, 0.717) is 5.56 Å². The molecule has 0 fully saturated rings. The number of halogens is 4. The number of pyridine rings is 1. The number of carbonyl (C=O) groups excluding carboxylic acids is 1. The van der Waals surface area contributed by atoms with Gasteiger partial charge in [0.15, 0.2) is 11.6 Å². The van der Waals surface area contributed by atoms with E-state index in [1.165, 1.54) is 12.1 Å². The van der Waals surface area contributed by atoms with Crippen molar-refractivity contribution in [3.8, 4) is 0 Å². The van der Waals surface area contributed by atoms with E-state index in [9.17, 15) is 13.6 Å². The highest BCUT2D eigenvalue weighted by Crippen LogP contribution is 2.23. The first-order valence-electron chi connectivity index (χ1n) is 5.72. The molecule has 0 aliphatic heterocycles. The normalized spacial score (nSPS) is 10.5. The monoisotopic (exact) mass is 331 g/mol. The summed E-state index contributed by atoms with van der Waals surface area (Å²) in [5.41, 5.74) is 6.09. The summed E-state index contributed by atoms with van der Waals surface area (Å²) in [7, 11) is 0. The number of hydrogen-bond donors (Lipinski definition) is 2. The molecule has 0 saturated heterocycles. The van der Waals surface area contributed by atoms with E-state index in [1.807, 2.05) is 0 Å². The van der Waals surface area contributed by atoms with Crippen molar-refractivity contribution in [3.05, 3.63) is 57.3 Å². The fourth-order valence-electron chi connectivity index (χ4n) is 1.65. The smallest absolute Gasteiger partial charge is 0.256 e. The van der Waals surface area contributed by atoms with Gasteiger partial charge in [-0.2, -0.15) is 0 Å². The number of nitrogen functional groups attached to an aromatic ring is 1. The third-order valence-electron chi connectivity index (χ3n) is 2.64. The second-order valence-corrected chi connectivity index (χ2v) is 4.88. The van der Waals surface area contributed by atoms with Crippen LogP contribution in [0.2, 0.25) is 10.3 Å². The van der Waals surface area contributed by atoms with Crippen molar-refractivity contribution < 1.29 is 13.6 Å². The Labute approximate surface area is 128 Å². The third kappa shape index (κ3) is 3.59. The molecule has 1 heterocycles. The van der Waals surface area contributed by atoms with Crippen molar-refractivity contribution in [2.24, 2.45) is 0 Å². The molecule has 8 heteroatoms. The highest BCUT2D eigenvalue weighted by Gasteiger charge is 2.16. The Balaban J connectivity index is 2.13. The van der Waals surface area contributed by atoms with Crippen LogP contribution >= 0.6 is 23.2 Å². The molecular weight excluding hydrogens is 323 g/mol. The van der Waals surface area contributed by atoms with Gasteiger partial charge in [-0.25, -0.2) is 13.8 Å². The number of benzene rings is 1. The number of carbonyl (C=O) groups is 1. The van der Waals surface area contributed by atoms with Crippen LogP contribution in [0.5, 0.6) is 0 Å². The van der Waals surface area contributed by atoms with Gasteiger partial charge in [0.1, 0.15) is 10.3 Å². The quantitative estimate of drug-likeness (QED) is 0.849. The molecule has 0 aliphatic rings. The number of amides is 1. The van der Waals surface area contributed by atoms with Gasteiger partial charge < -0.3 is 11.1 Å². The molecule has 0 saturated carbocycles. The highest BCUT2D eigenvalue weighted by molar-refractivity contribution is 6.35. The SMILES string of the molecule is Nc1cc(Cl)nc(Cl)c1C(=O)NCc1ccc(F)c(F)c1. The number of nitrogens with two attached hydrogens (primary N) is 1. The van der Waals surface area contributed by atoms with Gasteiger partial charge in [-0.05, 0) is 23.8 Å². The van der Waals surface area contributed by atoms with Gasteiger partial charge >= 0.3 is 0 Å². The molecule has 2 aromatic rings. The molecule has 2 rings (SSSR count). The van der Waals surface area contributed by atoms with Crippen LogP contribution in [-0.2, 0) is 6.54 Å². The van der Waals surface area contributed by atoms with Crippen LogP contribution in [0.1, 0.15) is 15.9 Å². The summed E-state index contributed by atoms with van der Waals surface area (Å²) < 4.78 is 25.8. The van der Waals surface area contributed by atoms with Crippen molar-refractivity contribution in [1.29, 1.82) is 0 Å². The maximum Gasteiger partial charge on any atom is 0.256 e. The molecule has 0 spiro atoms. The van der Waals surface area contributed by atoms with Crippen molar-refractivity contribution in [3.63, 3.8) is 0 Å². The second kappa shape index (κ2) is 6.24. The zero-order valence-corrected chi connectivity index (χ0v) is 12.0. The summed E-state index contributed by atoms with van der Waals surface area (Å²) in [5, 5.41) is 2.42. The molecule has 21 heavy (non-hydrogen) atoms. The lowest BCUT2D eigenvalue weighted by atomic mass is 10.2. The number of aromatic nitrogens is 1. The molecule has 1 aromatic heterocycles. The van der Waals surface area contributed by atoms with E-state index >= 15 is 0 Å². The zero-order chi connectivity index (χ0) is 15.6. The Morgan fingerprint density at radius 3 is 2.57 bits per heavy atom. The van der Waals surface area contributed by atoms with E-state index in [4.69, 9.17) is 28.9 Å². The minimum atomic E-state index is -0.993. The first-order chi connectivity index (χ1) is 9.88. The standard InChI is InChI=1S/C13H9Cl2F2N3O/c14-10-4-9(18)11(12(15)20-10)13(21)19-5-6-1-2-7(16)8(17)3-6/h1-4H,5H2,(H2,18,20)(H,19,21). The predicted molar refractivity (Wildman–Crippen MR) is 76.2 cm³/mol. The Morgan fingerprint density at radius 2 is 1.95 bits per heavy atom. The van der Waals surface area contributed by atoms with Crippen LogP contribution in [0.25, 0.3) is 0 Å². The minimum absolute atomic E-state index is 0.0194. The molecule has 4 nitrogen and oxygen atoms in total. The molecule has 110 valence electrons. The summed E-state index contributed by atoms with van der Waals surface area (Å²) in [6.45, 7) is -0.0194. The lowest BCUT2D eigenvalue weighted by molar-refractivity contribution is 0.0951. The molecule has 0 bridgehead atoms. The van der Waals surface area contributed by atoms with E-state index in [1.54, 1.807) is 0 Å². The number of nitrogens with one attached hydrogen (secondary N) is 1. The highest BCUT2D eigenvalue weighted by atomic mass is 35.5.